The molecule has 27 heavy (non-hydrogen) atoms. The Hall–Kier alpha value is -2.64. The number of likely N-dealkylation sites (tertiary alicyclic amines) is 1. The smallest absolute Gasteiger partial charge is 0.269 e. The van der Waals surface area contributed by atoms with Gasteiger partial charge in [-0.15, -0.1) is 0 Å². The van der Waals surface area contributed by atoms with Crippen molar-refractivity contribution in [3.63, 3.8) is 0 Å². The third-order valence-corrected chi connectivity index (χ3v) is 4.92. The first-order valence-corrected chi connectivity index (χ1v) is 8.97. The van der Waals surface area contributed by atoms with Crippen molar-refractivity contribution in [1.29, 1.82) is 0 Å². The van der Waals surface area contributed by atoms with E-state index in [9.17, 15) is 10.1 Å². The van der Waals surface area contributed by atoms with Gasteiger partial charge >= 0.3 is 0 Å². The lowest BCUT2D eigenvalue weighted by atomic mass is 10.1. The minimum atomic E-state index is -0.416. The second-order valence-electron chi connectivity index (χ2n) is 7.03. The molecule has 3 rings (SSSR count). The number of non-ortho nitro benzene ring substituents is 1. The molecule has 1 aliphatic heterocycles. The van der Waals surface area contributed by atoms with Crippen LogP contribution in [0.15, 0.2) is 42.5 Å². The Labute approximate surface area is 158 Å². The predicted octanol–water partition coefficient (Wildman–Crippen LogP) is 2.96. The Morgan fingerprint density at radius 3 is 2.44 bits per heavy atom. The number of hydrogen-bond acceptors (Lipinski definition) is 6. The van der Waals surface area contributed by atoms with Gasteiger partial charge in [0.2, 0.25) is 0 Å². The lowest BCUT2D eigenvalue weighted by Gasteiger charge is -2.17. The van der Waals surface area contributed by atoms with E-state index in [2.05, 4.69) is 11.8 Å². The van der Waals surface area contributed by atoms with E-state index < -0.39 is 4.92 Å². The summed E-state index contributed by atoms with van der Waals surface area (Å²) in [6, 6.07) is 12.5. The van der Waals surface area contributed by atoms with Gasteiger partial charge in [0.05, 0.1) is 12.0 Å². The molecule has 1 heterocycles. The molecule has 0 aliphatic carbocycles. The largest absolute Gasteiger partial charge is 0.493 e. The van der Waals surface area contributed by atoms with Crippen LogP contribution in [-0.4, -0.2) is 36.1 Å². The topological polar surface area (TPSA) is 90.9 Å². The third-order valence-electron chi connectivity index (χ3n) is 4.92. The molecule has 1 aliphatic rings. The number of rotatable bonds is 7. The number of nitrogens with zero attached hydrogens (tertiary/aromatic N) is 2. The van der Waals surface area contributed by atoms with Crippen molar-refractivity contribution in [3.8, 4) is 11.5 Å². The summed E-state index contributed by atoms with van der Waals surface area (Å²) in [5.74, 6) is 1.83. The van der Waals surface area contributed by atoms with Gasteiger partial charge < -0.3 is 15.2 Å². The molecule has 0 amide bonds. The minimum Gasteiger partial charge on any atom is -0.493 e. The van der Waals surface area contributed by atoms with E-state index in [1.54, 1.807) is 19.2 Å². The zero-order valence-electron chi connectivity index (χ0n) is 15.6. The zero-order chi connectivity index (χ0) is 19.4. The van der Waals surface area contributed by atoms with Crippen LogP contribution in [0.25, 0.3) is 0 Å². The standard InChI is InChI=1S/C20H25N3O4/c1-14-10-22(12-18(14)21)11-16-5-8-19(20(9-16)26-2)27-13-15-3-6-17(7-4-15)23(24)25/h3-9,14,18H,10-13,21H2,1-2H3. The van der Waals surface area contributed by atoms with Gasteiger partial charge in [0, 0.05) is 37.8 Å². The first kappa shape index (κ1) is 19.1. The van der Waals surface area contributed by atoms with Crippen LogP contribution in [0.2, 0.25) is 0 Å². The SMILES string of the molecule is COc1cc(CN2CC(C)C(N)C2)ccc1OCc1ccc([N+](=O)[O-])cc1. The monoisotopic (exact) mass is 371 g/mol. The zero-order valence-corrected chi connectivity index (χ0v) is 15.6. The Morgan fingerprint density at radius 2 is 1.85 bits per heavy atom. The van der Waals surface area contributed by atoms with Gasteiger partial charge in [-0.1, -0.05) is 13.0 Å². The molecule has 0 saturated carbocycles. The number of hydrogen-bond donors (Lipinski definition) is 1. The summed E-state index contributed by atoms with van der Waals surface area (Å²) in [4.78, 5) is 12.6. The first-order chi connectivity index (χ1) is 13.0. The Morgan fingerprint density at radius 1 is 1.15 bits per heavy atom. The Bertz CT molecular complexity index is 784. The van der Waals surface area contributed by atoms with Crippen LogP contribution in [0.1, 0.15) is 18.1 Å². The molecule has 7 nitrogen and oxygen atoms in total. The average Bonchev–Trinajstić information content (AvgIpc) is 2.98. The number of benzene rings is 2. The number of methoxy groups -OCH3 is 1. The Balaban J connectivity index is 1.63. The molecule has 2 aromatic rings. The van der Waals surface area contributed by atoms with Crippen LogP contribution in [-0.2, 0) is 13.2 Å². The van der Waals surface area contributed by atoms with Gasteiger partial charge in [-0.05, 0) is 41.3 Å². The number of nitro groups is 1. The molecule has 0 aromatic heterocycles. The summed E-state index contributed by atoms with van der Waals surface area (Å²) in [7, 11) is 1.62. The van der Waals surface area contributed by atoms with Gasteiger partial charge in [-0.2, -0.15) is 0 Å². The summed E-state index contributed by atoms with van der Waals surface area (Å²) in [6.07, 6.45) is 0. The molecule has 1 fully saturated rings. The molecule has 0 spiro atoms. The number of ether oxygens (including phenoxy) is 2. The molecule has 2 atom stereocenters. The van der Waals surface area contributed by atoms with Gasteiger partial charge in [0.15, 0.2) is 11.5 Å². The van der Waals surface area contributed by atoms with Gasteiger partial charge in [0.25, 0.3) is 5.69 Å². The van der Waals surface area contributed by atoms with E-state index in [4.69, 9.17) is 15.2 Å². The number of nitro benzene ring substituents is 1. The summed E-state index contributed by atoms with van der Waals surface area (Å²) in [5, 5.41) is 10.7. The van der Waals surface area contributed by atoms with Crippen molar-refractivity contribution in [2.45, 2.75) is 26.1 Å². The van der Waals surface area contributed by atoms with Crippen molar-refractivity contribution < 1.29 is 14.4 Å². The summed E-state index contributed by atoms with van der Waals surface area (Å²) < 4.78 is 11.3. The first-order valence-electron chi connectivity index (χ1n) is 8.97. The molecule has 144 valence electrons. The van der Waals surface area contributed by atoms with Crippen molar-refractivity contribution in [3.05, 3.63) is 63.7 Å². The van der Waals surface area contributed by atoms with E-state index in [-0.39, 0.29) is 11.7 Å². The van der Waals surface area contributed by atoms with Crippen LogP contribution in [0, 0.1) is 16.0 Å². The van der Waals surface area contributed by atoms with Crippen LogP contribution in [0.3, 0.4) is 0 Å². The van der Waals surface area contributed by atoms with Crippen molar-refractivity contribution >= 4 is 5.69 Å². The summed E-state index contributed by atoms with van der Waals surface area (Å²) in [5.41, 5.74) is 8.17. The van der Waals surface area contributed by atoms with Crippen molar-refractivity contribution in [2.24, 2.45) is 11.7 Å². The molecular formula is C20H25N3O4. The average molecular weight is 371 g/mol. The molecule has 0 bridgehead atoms. The van der Waals surface area contributed by atoms with Gasteiger partial charge in [0.1, 0.15) is 6.61 Å². The maximum Gasteiger partial charge on any atom is 0.269 e. The molecule has 2 N–H and O–H groups in total. The maximum absolute atomic E-state index is 10.7. The molecular weight excluding hydrogens is 346 g/mol. The summed E-state index contributed by atoms with van der Waals surface area (Å²) in [6.45, 7) is 5.23. The fourth-order valence-electron chi connectivity index (χ4n) is 3.29. The van der Waals surface area contributed by atoms with E-state index >= 15 is 0 Å². The van der Waals surface area contributed by atoms with E-state index in [1.165, 1.54) is 12.1 Å². The van der Waals surface area contributed by atoms with Crippen LogP contribution in [0.5, 0.6) is 11.5 Å². The van der Waals surface area contributed by atoms with E-state index in [1.807, 2.05) is 18.2 Å². The van der Waals surface area contributed by atoms with Crippen LogP contribution < -0.4 is 15.2 Å². The predicted molar refractivity (Wildman–Crippen MR) is 103 cm³/mol. The highest BCUT2D eigenvalue weighted by atomic mass is 16.6. The van der Waals surface area contributed by atoms with E-state index in [0.717, 1.165) is 30.8 Å². The normalized spacial score (nSPS) is 19.8. The third kappa shape index (κ3) is 4.75. The molecule has 7 heteroatoms. The summed E-state index contributed by atoms with van der Waals surface area (Å²) >= 11 is 0. The highest BCUT2D eigenvalue weighted by Gasteiger charge is 2.26. The molecule has 2 aromatic carbocycles. The van der Waals surface area contributed by atoms with E-state index in [0.29, 0.717) is 24.0 Å². The lowest BCUT2D eigenvalue weighted by Crippen LogP contribution is -2.28. The quantitative estimate of drug-likeness (QED) is 0.594. The fraction of sp³-hybridized carbons (Fsp3) is 0.400. The second-order valence-corrected chi connectivity index (χ2v) is 7.03. The Kier molecular flexibility index (Phi) is 5.93. The highest BCUT2D eigenvalue weighted by Crippen LogP contribution is 2.30. The maximum atomic E-state index is 10.7. The number of nitrogens with two attached hydrogens (primary N) is 1. The van der Waals surface area contributed by atoms with Gasteiger partial charge in [-0.25, -0.2) is 0 Å². The fourth-order valence-corrected chi connectivity index (χ4v) is 3.29. The van der Waals surface area contributed by atoms with Crippen LogP contribution in [0.4, 0.5) is 5.69 Å². The minimum absolute atomic E-state index is 0.0663. The van der Waals surface area contributed by atoms with Gasteiger partial charge in [-0.3, -0.25) is 15.0 Å². The highest BCUT2D eigenvalue weighted by molar-refractivity contribution is 5.43. The van der Waals surface area contributed by atoms with Crippen molar-refractivity contribution in [1.82, 2.24) is 4.90 Å². The van der Waals surface area contributed by atoms with Crippen molar-refractivity contribution in [2.75, 3.05) is 20.2 Å². The molecule has 0 radical (unpaired) electrons. The van der Waals surface area contributed by atoms with Crippen LogP contribution >= 0.6 is 0 Å². The molecule has 1 saturated heterocycles. The lowest BCUT2D eigenvalue weighted by molar-refractivity contribution is -0.384. The second kappa shape index (κ2) is 8.37. The molecule has 2 unspecified atom stereocenters.